The summed E-state index contributed by atoms with van der Waals surface area (Å²) < 4.78 is 5.86. The average Bonchev–Trinajstić information content (AvgIpc) is 3.10. The lowest BCUT2D eigenvalue weighted by Gasteiger charge is -2.14. The summed E-state index contributed by atoms with van der Waals surface area (Å²) >= 11 is 0. The van der Waals surface area contributed by atoms with Crippen molar-refractivity contribution >= 4 is 0 Å². The Bertz CT molecular complexity index is 558. The second kappa shape index (κ2) is 8.73. The number of hydrogen-bond donors (Lipinski definition) is 0. The fourth-order valence-corrected chi connectivity index (χ4v) is 3.17. The van der Waals surface area contributed by atoms with Gasteiger partial charge in [0.1, 0.15) is 5.75 Å². The molecule has 0 saturated carbocycles. The molecule has 2 aromatic carbocycles. The maximum absolute atomic E-state index is 5.86. The van der Waals surface area contributed by atoms with E-state index >= 15 is 0 Å². The smallest absolute Gasteiger partial charge is 0.119 e. The lowest BCUT2D eigenvalue weighted by molar-refractivity contribution is 0.279. The highest BCUT2D eigenvalue weighted by atomic mass is 16.5. The first-order valence-corrected chi connectivity index (χ1v) is 8.88. The van der Waals surface area contributed by atoms with Crippen LogP contribution >= 0.6 is 0 Å². The Morgan fingerprint density at radius 2 is 1.48 bits per heavy atom. The molecule has 122 valence electrons. The zero-order valence-electron chi connectivity index (χ0n) is 13.9. The second-order valence-corrected chi connectivity index (χ2v) is 6.41. The third-order valence-electron chi connectivity index (χ3n) is 4.51. The molecule has 0 spiro atoms. The summed E-state index contributed by atoms with van der Waals surface area (Å²) in [5, 5.41) is 0. The number of ether oxygens (including phenoxy) is 1. The van der Waals surface area contributed by atoms with E-state index in [9.17, 15) is 0 Å². The molecule has 0 unspecified atom stereocenters. The number of nitrogens with zero attached hydrogens (tertiary/aromatic N) is 1. The molecule has 2 heteroatoms. The van der Waals surface area contributed by atoms with E-state index in [0.29, 0.717) is 0 Å². The molecule has 0 amide bonds. The number of hydrogen-bond acceptors (Lipinski definition) is 2. The second-order valence-electron chi connectivity index (χ2n) is 6.41. The zero-order valence-corrected chi connectivity index (χ0v) is 13.9. The van der Waals surface area contributed by atoms with Crippen molar-refractivity contribution in [3.8, 4) is 5.75 Å². The highest BCUT2D eigenvalue weighted by Gasteiger charge is 2.10. The molecule has 3 rings (SSSR count). The number of benzene rings is 2. The van der Waals surface area contributed by atoms with Crippen LogP contribution in [0, 0.1) is 0 Å². The van der Waals surface area contributed by atoms with E-state index in [4.69, 9.17) is 4.74 Å². The van der Waals surface area contributed by atoms with E-state index in [-0.39, 0.29) is 0 Å². The van der Waals surface area contributed by atoms with E-state index in [1.807, 2.05) is 0 Å². The third kappa shape index (κ3) is 5.40. The SMILES string of the molecule is c1ccc(Cc2ccc(OCCCCN3CCCC3)cc2)cc1. The topological polar surface area (TPSA) is 12.5 Å². The Balaban J connectivity index is 1.36. The molecular weight excluding hydrogens is 282 g/mol. The molecule has 0 atom stereocenters. The van der Waals surface area contributed by atoms with E-state index in [1.165, 1.54) is 50.0 Å². The van der Waals surface area contributed by atoms with Crippen LogP contribution in [-0.4, -0.2) is 31.1 Å². The van der Waals surface area contributed by atoms with Crippen molar-refractivity contribution in [2.24, 2.45) is 0 Å². The van der Waals surface area contributed by atoms with Crippen LogP contribution in [0.15, 0.2) is 54.6 Å². The minimum absolute atomic E-state index is 0.825. The van der Waals surface area contributed by atoms with Crippen LogP contribution in [0.3, 0.4) is 0 Å². The van der Waals surface area contributed by atoms with Gasteiger partial charge in [-0.05, 0) is 75.0 Å². The van der Waals surface area contributed by atoms with Crippen LogP contribution < -0.4 is 4.74 Å². The summed E-state index contributed by atoms with van der Waals surface area (Å²) in [7, 11) is 0. The third-order valence-corrected chi connectivity index (χ3v) is 4.51. The molecule has 0 N–H and O–H groups in total. The Morgan fingerprint density at radius 3 is 2.22 bits per heavy atom. The molecule has 0 aromatic heterocycles. The quantitative estimate of drug-likeness (QED) is 0.664. The van der Waals surface area contributed by atoms with Gasteiger partial charge in [0.15, 0.2) is 0 Å². The van der Waals surface area contributed by atoms with Crippen molar-refractivity contribution in [1.82, 2.24) is 4.90 Å². The summed E-state index contributed by atoms with van der Waals surface area (Å²) in [5.74, 6) is 0.989. The zero-order chi connectivity index (χ0) is 15.7. The summed E-state index contributed by atoms with van der Waals surface area (Å²) in [6.45, 7) is 4.65. The summed E-state index contributed by atoms with van der Waals surface area (Å²) in [5.41, 5.74) is 2.68. The molecule has 1 heterocycles. The number of likely N-dealkylation sites (tertiary alicyclic amines) is 1. The van der Waals surface area contributed by atoms with Crippen LogP contribution in [0.1, 0.15) is 36.8 Å². The molecule has 1 saturated heterocycles. The van der Waals surface area contributed by atoms with Gasteiger partial charge < -0.3 is 9.64 Å². The van der Waals surface area contributed by atoms with Crippen molar-refractivity contribution in [2.45, 2.75) is 32.1 Å². The van der Waals surface area contributed by atoms with Gasteiger partial charge in [0.05, 0.1) is 6.61 Å². The van der Waals surface area contributed by atoms with Crippen LogP contribution in [-0.2, 0) is 6.42 Å². The van der Waals surface area contributed by atoms with Crippen LogP contribution in [0.5, 0.6) is 5.75 Å². The molecule has 2 aromatic rings. The maximum Gasteiger partial charge on any atom is 0.119 e. The highest BCUT2D eigenvalue weighted by molar-refractivity contribution is 5.31. The van der Waals surface area contributed by atoms with Crippen molar-refractivity contribution in [3.05, 3.63) is 65.7 Å². The minimum Gasteiger partial charge on any atom is -0.494 e. The standard InChI is InChI=1S/C21H27NO/c1-2-8-19(9-3-1)18-20-10-12-21(13-11-20)23-17-7-6-16-22-14-4-5-15-22/h1-3,8-13H,4-7,14-18H2. The normalized spacial score (nSPS) is 15.0. The van der Waals surface area contributed by atoms with Crippen molar-refractivity contribution in [3.63, 3.8) is 0 Å². The Hall–Kier alpha value is -1.80. The van der Waals surface area contributed by atoms with Gasteiger partial charge in [0.2, 0.25) is 0 Å². The first kappa shape index (κ1) is 16.1. The monoisotopic (exact) mass is 309 g/mol. The number of rotatable bonds is 8. The largest absolute Gasteiger partial charge is 0.494 e. The van der Waals surface area contributed by atoms with Gasteiger partial charge in [0.25, 0.3) is 0 Å². The molecular formula is C21H27NO. The molecule has 23 heavy (non-hydrogen) atoms. The predicted octanol–water partition coefficient (Wildman–Crippen LogP) is 4.53. The average molecular weight is 309 g/mol. The molecule has 0 aliphatic carbocycles. The van der Waals surface area contributed by atoms with Crippen LogP contribution in [0.4, 0.5) is 0 Å². The summed E-state index contributed by atoms with van der Waals surface area (Å²) in [6, 6.07) is 19.1. The molecule has 2 nitrogen and oxygen atoms in total. The first-order valence-electron chi connectivity index (χ1n) is 8.88. The van der Waals surface area contributed by atoms with Crippen molar-refractivity contribution < 1.29 is 4.74 Å². The lowest BCUT2D eigenvalue weighted by Crippen LogP contribution is -2.20. The highest BCUT2D eigenvalue weighted by Crippen LogP contribution is 2.16. The Morgan fingerprint density at radius 1 is 0.783 bits per heavy atom. The van der Waals surface area contributed by atoms with Gasteiger partial charge in [-0.25, -0.2) is 0 Å². The lowest BCUT2D eigenvalue weighted by atomic mass is 10.1. The maximum atomic E-state index is 5.86. The Labute approximate surface area is 140 Å². The van der Waals surface area contributed by atoms with Gasteiger partial charge in [0, 0.05) is 0 Å². The van der Waals surface area contributed by atoms with Crippen LogP contribution in [0.2, 0.25) is 0 Å². The molecule has 1 aliphatic heterocycles. The Kier molecular flexibility index (Phi) is 6.10. The molecule has 0 bridgehead atoms. The van der Waals surface area contributed by atoms with E-state index in [1.54, 1.807) is 0 Å². The van der Waals surface area contributed by atoms with Crippen LogP contribution in [0.25, 0.3) is 0 Å². The van der Waals surface area contributed by atoms with Crippen molar-refractivity contribution in [1.29, 1.82) is 0 Å². The summed E-state index contributed by atoms with van der Waals surface area (Å²) in [4.78, 5) is 2.57. The fraction of sp³-hybridized carbons (Fsp3) is 0.429. The van der Waals surface area contributed by atoms with Gasteiger partial charge in [-0.15, -0.1) is 0 Å². The van der Waals surface area contributed by atoms with Gasteiger partial charge >= 0.3 is 0 Å². The van der Waals surface area contributed by atoms with E-state index in [2.05, 4.69) is 59.5 Å². The first-order chi connectivity index (χ1) is 11.4. The fourth-order valence-electron chi connectivity index (χ4n) is 3.17. The van der Waals surface area contributed by atoms with Gasteiger partial charge in [-0.2, -0.15) is 0 Å². The van der Waals surface area contributed by atoms with Crippen molar-refractivity contribution in [2.75, 3.05) is 26.2 Å². The molecule has 1 aliphatic rings. The molecule has 0 radical (unpaired) electrons. The van der Waals surface area contributed by atoms with E-state index < -0.39 is 0 Å². The molecule has 1 fully saturated rings. The minimum atomic E-state index is 0.825. The van der Waals surface area contributed by atoms with Gasteiger partial charge in [-0.1, -0.05) is 42.5 Å². The number of unbranched alkanes of at least 4 members (excludes halogenated alkanes) is 1. The van der Waals surface area contributed by atoms with Gasteiger partial charge in [-0.3, -0.25) is 0 Å². The van der Waals surface area contributed by atoms with E-state index in [0.717, 1.165) is 25.2 Å². The summed E-state index contributed by atoms with van der Waals surface area (Å²) in [6.07, 6.45) is 6.13. The predicted molar refractivity (Wildman–Crippen MR) is 96.1 cm³/mol.